The van der Waals surface area contributed by atoms with Crippen molar-refractivity contribution in [1.82, 2.24) is 19.9 Å². The number of pyridine rings is 1. The van der Waals surface area contributed by atoms with Gasteiger partial charge in [0.1, 0.15) is 29.8 Å². The van der Waals surface area contributed by atoms with Crippen molar-refractivity contribution in [3.63, 3.8) is 0 Å². The molecule has 1 saturated heterocycles. The van der Waals surface area contributed by atoms with E-state index in [1.165, 1.54) is 18.9 Å². The fraction of sp³-hybridized carbons (Fsp3) is 0.320. The largest absolute Gasteiger partial charge is 0.486 e. The molecule has 1 aliphatic rings. The third-order valence-electron chi connectivity index (χ3n) is 5.66. The smallest absolute Gasteiger partial charge is 0.251 e. The molecule has 1 aliphatic heterocycles. The predicted octanol–water partition coefficient (Wildman–Crippen LogP) is 2.86. The molecule has 0 radical (unpaired) electrons. The Morgan fingerprint density at radius 3 is 2.81 bits per heavy atom. The molecule has 0 spiro atoms. The van der Waals surface area contributed by atoms with Crippen LogP contribution in [0.3, 0.4) is 0 Å². The normalized spacial score (nSPS) is 18.1. The number of nitrogens with one attached hydrogen (secondary N) is 1. The van der Waals surface area contributed by atoms with E-state index in [4.69, 9.17) is 9.47 Å². The number of piperidine rings is 1. The Labute approximate surface area is 207 Å². The van der Waals surface area contributed by atoms with Crippen molar-refractivity contribution >= 4 is 17.4 Å². The number of methoxy groups -OCH3 is 1. The number of carbonyl (C=O) groups is 1. The summed E-state index contributed by atoms with van der Waals surface area (Å²) in [5.41, 5.74) is 1.53. The fourth-order valence-electron chi connectivity index (χ4n) is 3.82. The number of ether oxygens (including phenoxy) is 2. The number of anilines is 2. The second-order valence-corrected chi connectivity index (χ2v) is 8.22. The van der Waals surface area contributed by atoms with Gasteiger partial charge in [-0.2, -0.15) is 5.26 Å². The second kappa shape index (κ2) is 11.0. The van der Waals surface area contributed by atoms with Gasteiger partial charge in [-0.3, -0.25) is 4.79 Å². The van der Waals surface area contributed by atoms with Gasteiger partial charge in [-0.1, -0.05) is 0 Å². The average molecular weight is 493 g/mol. The van der Waals surface area contributed by atoms with Crippen molar-refractivity contribution < 1.29 is 23.8 Å². The van der Waals surface area contributed by atoms with Gasteiger partial charge in [0.2, 0.25) is 5.88 Å². The number of likely N-dealkylation sites (tertiary alicyclic amines) is 1. The van der Waals surface area contributed by atoms with Gasteiger partial charge < -0.3 is 24.8 Å². The molecule has 1 fully saturated rings. The lowest BCUT2D eigenvalue weighted by Gasteiger charge is -2.35. The van der Waals surface area contributed by atoms with E-state index in [0.717, 1.165) is 5.69 Å². The molecule has 186 valence electrons. The van der Waals surface area contributed by atoms with Gasteiger partial charge in [0.05, 0.1) is 19.2 Å². The molecule has 0 bridgehead atoms. The first kappa shape index (κ1) is 24.8. The number of aliphatic hydroxyl groups excluding tert-OH is 1. The summed E-state index contributed by atoms with van der Waals surface area (Å²) in [6.07, 6.45) is -0.0141. The Hall–Kier alpha value is -4.30. The minimum Gasteiger partial charge on any atom is -0.486 e. The molecule has 10 nitrogen and oxygen atoms in total. The van der Waals surface area contributed by atoms with E-state index < -0.39 is 24.3 Å². The summed E-state index contributed by atoms with van der Waals surface area (Å²) in [4.78, 5) is 26.1. The van der Waals surface area contributed by atoms with Gasteiger partial charge in [-0.25, -0.2) is 19.3 Å². The Morgan fingerprint density at radius 1 is 1.28 bits per heavy atom. The topological polar surface area (TPSA) is 133 Å². The molecular weight excluding hydrogens is 467 g/mol. The van der Waals surface area contributed by atoms with Gasteiger partial charge in [-0.05, 0) is 37.3 Å². The first-order chi connectivity index (χ1) is 17.4. The highest BCUT2D eigenvalue weighted by atomic mass is 19.1. The predicted molar refractivity (Wildman–Crippen MR) is 128 cm³/mol. The highest BCUT2D eigenvalue weighted by Gasteiger charge is 2.34. The Balaban J connectivity index is 1.48. The van der Waals surface area contributed by atoms with Crippen LogP contribution in [0.1, 0.15) is 18.9 Å². The molecule has 1 amide bonds. The first-order valence-electron chi connectivity index (χ1n) is 11.3. The lowest BCUT2D eigenvalue weighted by molar-refractivity contribution is -0.143. The zero-order chi connectivity index (χ0) is 25.7. The van der Waals surface area contributed by atoms with E-state index in [9.17, 15) is 19.6 Å². The maximum absolute atomic E-state index is 14.7. The standard InChI is InChI=1S/C25H25FN6O4/c1-15(33)25(34)32-10-7-21(19(26)14-32)36-20-4-3-16(11-17(20)13-27)24-29-9-6-22(31-24)30-18-5-8-28-23(12-18)35-2/h3-6,8-9,11-12,15,19,21,33H,7,10,14H2,1-2H3,(H,28,29,30,31)/t15-,19+,21-/m0/s1. The van der Waals surface area contributed by atoms with Gasteiger partial charge >= 0.3 is 0 Å². The third kappa shape index (κ3) is 5.67. The maximum Gasteiger partial charge on any atom is 0.251 e. The van der Waals surface area contributed by atoms with Crippen LogP contribution in [0.25, 0.3) is 11.4 Å². The quantitative estimate of drug-likeness (QED) is 0.511. The summed E-state index contributed by atoms with van der Waals surface area (Å²) in [6.45, 7) is 1.43. The number of aromatic nitrogens is 3. The first-order valence-corrected chi connectivity index (χ1v) is 11.3. The molecule has 2 aromatic heterocycles. The van der Waals surface area contributed by atoms with Crippen LogP contribution >= 0.6 is 0 Å². The molecule has 3 heterocycles. The molecule has 0 unspecified atom stereocenters. The van der Waals surface area contributed by atoms with Gasteiger partial charge in [0, 0.05) is 42.7 Å². The average Bonchev–Trinajstić information content (AvgIpc) is 2.89. The van der Waals surface area contributed by atoms with E-state index in [2.05, 4.69) is 26.3 Å². The number of amides is 1. The number of alkyl halides is 1. The summed E-state index contributed by atoms with van der Waals surface area (Å²) in [6, 6.07) is 12.2. The van der Waals surface area contributed by atoms with Gasteiger partial charge in [0.25, 0.3) is 5.91 Å². The fourth-order valence-corrected chi connectivity index (χ4v) is 3.82. The van der Waals surface area contributed by atoms with Crippen LogP contribution in [0.2, 0.25) is 0 Å². The van der Waals surface area contributed by atoms with Crippen LogP contribution in [-0.4, -0.2) is 69.4 Å². The van der Waals surface area contributed by atoms with Crippen molar-refractivity contribution in [2.45, 2.75) is 31.7 Å². The number of benzene rings is 1. The molecule has 0 aliphatic carbocycles. The van der Waals surface area contributed by atoms with E-state index in [0.29, 0.717) is 23.1 Å². The molecule has 2 N–H and O–H groups in total. The summed E-state index contributed by atoms with van der Waals surface area (Å²) in [5, 5.41) is 22.3. The van der Waals surface area contributed by atoms with Crippen LogP contribution in [0, 0.1) is 11.3 Å². The number of carbonyl (C=O) groups excluding carboxylic acids is 1. The summed E-state index contributed by atoms with van der Waals surface area (Å²) in [7, 11) is 1.53. The van der Waals surface area contributed by atoms with Crippen molar-refractivity contribution in [3.05, 3.63) is 54.4 Å². The lowest BCUT2D eigenvalue weighted by atomic mass is 10.0. The van der Waals surface area contributed by atoms with Crippen LogP contribution in [0.15, 0.2) is 48.8 Å². The highest BCUT2D eigenvalue weighted by molar-refractivity contribution is 5.80. The van der Waals surface area contributed by atoms with E-state index in [-0.39, 0.29) is 30.8 Å². The zero-order valence-electron chi connectivity index (χ0n) is 19.8. The molecule has 36 heavy (non-hydrogen) atoms. The number of hydrogen-bond acceptors (Lipinski definition) is 9. The van der Waals surface area contributed by atoms with Crippen LogP contribution in [0.5, 0.6) is 11.6 Å². The van der Waals surface area contributed by atoms with Crippen LogP contribution in [-0.2, 0) is 4.79 Å². The second-order valence-electron chi connectivity index (χ2n) is 8.22. The van der Waals surface area contributed by atoms with E-state index in [1.54, 1.807) is 48.8 Å². The minimum atomic E-state index is -1.45. The third-order valence-corrected chi connectivity index (χ3v) is 5.66. The zero-order valence-corrected chi connectivity index (χ0v) is 19.8. The molecule has 3 aromatic rings. The Kier molecular flexibility index (Phi) is 7.56. The summed E-state index contributed by atoms with van der Waals surface area (Å²) in [5.74, 6) is 1.10. The molecular formula is C25H25FN6O4. The number of nitriles is 1. The number of nitrogens with zero attached hydrogens (tertiary/aromatic N) is 5. The van der Waals surface area contributed by atoms with E-state index >= 15 is 0 Å². The van der Waals surface area contributed by atoms with Gasteiger partial charge in [0.15, 0.2) is 12.0 Å². The van der Waals surface area contributed by atoms with Gasteiger partial charge in [-0.15, -0.1) is 0 Å². The Bertz CT molecular complexity index is 1280. The SMILES string of the molecule is COc1cc(Nc2ccnc(-c3ccc(O[C@H]4CCN(C(=O)[C@H](C)O)C[C@H]4F)c(C#N)c3)n2)ccn1. The monoisotopic (exact) mass is 492 g/mol. The Morgan fingerprint density at radius 2 is 2.08 bits per heavy atom. The summed E-state index contributed by atoms with van der Waals surface area (Å²) < 4.78 is 25.7. The van der Waals surface area contributed by atoms with Crippen LogP contribution < -0.4 is 14.8 Å². The number of rotatable bonds is 7. The molecule has 1 aromatic carbocycles. The number of hydrogen-bond donors (Lipinski definition) is 2. The highest BCUT2D eigenvalue weighted by Crippen LogP contribution is 2.29. The molecule has 4 rings (SSSR count). The number of aliphatic hydroxyl groups is 1. The van der Waals surface area contributed by atoms with Crippen molar-refractivity contribution in [3.8, 4) is 29.1 Å². The molecule has 3 atom stereocenters. The van der Waals surface area contributed by atoms with Crippen LogP contribution in [0.4, 0.5) is 15.9 Å². The van der Waals surface area contributed by atoms with E-state index in [1.807, 2.05) is 0 Å². The number of halogens is 1. The summed E-state index contributed by atoms with van der Waals surface area (Å²) >= 11 is 0. The minimum absolute atomic E-state index is 0.175. The molecule has 11 heteroatoms. The lowest BCUT2D eigenvalue weighted by Crippen LogP contribution is -2.51. The maximum atomic E-state index is 14.7. The van der Waals surface area contributed by atoms with Crippen molar-refractivity contribution in [2.24, 2.45) is 0 Å². The van der Waals surface area contributed by atoms with Crippen molar-refractivity contribution in [1.29, 1.82) is 5.26 Å². The van der Waals surface area contributed by atoms with Crippen molar-refractivity contribution in [2.75, 3.05) is 25.5 Å². The molecule has 0 saturated carbocycles.